The van der Waals surface area contributed by atoms with Gasteiger partial charge in [-0.2, -0.15) is 0 Å². The molecule has 4 heteroatoms. The van der Waals surface area contributed by atoms with Crippen molar-refractivity contribution in [3.8, 4) is 17.2 Å². The van der Waals surface area contributed by atoms with Crippen LogP contribution in [-0.2, 0) is 32.5 Å². The SMILES string of the molecule is CCCCCC(C)(C)c1ccc(OP(Oc2ccc(C(C)(C)CCCCC)cc2C(C)(C)CCCCC)Oc2ccc(C(C)(C)CCCCC)cc2C(C)(C)CCCCC)c(C(C)(C)CCCCC)c1. The van der Waals surface area contributed by atoms with Crippen LogP contribution in [0.3, 0.4) is 0 Å². The van der Waals surface area contributed by atoms with Crippen molar-refractivity contribution in [1.82, 2.24) is 0 Å². The first-order valence-electron chi connectivity index (χ1n) is 29.2. The largest absolute Gasteiger partial charge is 0.530 e. The molecule has 0 saturated heterocycles. The van der Waals surface area contributed by atoms with Crippen molar-refractivity contribution >= 4 is 8.60 Å². The van der Waals surface area contributed by atoms with Crippen molar-refractivity contribution in [2.45, 2.75) is 311 Å². The molecule has 0 bridgehead atoms. The van der Waals surface area contributed by atoms with E-state index in [0.29, 0.717) is 0 Å². The molecular weight excluding hydrogens is 872 g/mol. The van der Waals surface area contributed by atoms with E-state index in [1.807, 2.05) is 0 Å². The van der Waals surface area contributed by atoms with Crippen LogP contribution in [-0.4, -0.2) is 0 Å². The standard InChI is InChI=1S/C66H111O3P/c1-19-25-31-43-61(7,8)52-37-40-58(55(49-52)64(13,14)46-34-28-22-4)67-70(68-59-41-38-53(62(9,10)44-32-26-20-2)50-56(59)65(15,16)47-35-29-23-5)69-60-42-39-54(63(11,12)45-33-27-21-3)51-57(60)66(17,18)48-36-30-24-6/h37-42,49-51H,19-36,43-48H2,1-18H3. The van der Waals surface area contributed by atoms with Gasteiger partial charge in [0, 0.05) is 16.7 Å². The van der Waals surface area contributed by atoms with Crippen molar-refractivity contribution < 1.29 is 13.6 Å². The van der Waals surface area contributed by atoms with E-state index in [-0.39, 0.29) is 32.5 Å². The Morgan fingerprint density at radius 1 is 0.286 bits per heavy atom. The molecular formula is C66H111O3P. The molecule has 3 rings (SSSR count). The van der Waals surface area contributed by atoms with Gasteiger partial charge < -0.3 is 13.6 Å². The molecule has 70 heavy (non-hydrogen) atoms. The van der Waals surface area contributed by atoms with Gasteiger partial charge in [0.25, 0.3) is 0 Å². The predicted molar refractivity (Wildman–Crippen MR) is 311 cm³/mol. The van der Waals surface area contributed by atoms with Gasteiger partial charge in [-0.25, -0.2) is 0 Å². The van der Waals surface area contributed by atoms with Gasteiger partial charge in [0.05, 0.1) is 0 Å². The highest BCUT2D eigenvalue weighted by Gasteiger charge is 2.36. The van der Waals surface area contributed by atoms with E-state index in [1.54, 1.807) is 0 Å². The lowest BCUT2D eigenvalue weighted by molar-refractivity contribution is 0.358. The molecule has 0 spiro atoms. The molecule has 3 aromatic carbocycles. The molecule has 398 valence electrons. The van der Waals surface area contributed by atoms with E-state index >= 15 is 0 Å². The Kier molecular flexibility index (Phi) is 25.4. The Balaban J connectivity index is 2.40. The van der Waals surface area contributed by atoms with Crippen LogP contribution in [0.5, 0.6) is 17.2 Å². The maximum absolute atomic E-state index is 7.49. The highest BCUT2D eigenvalue weighted by atomic mass is 31.2. The van der Waals surface area contributed by atoms with Crippen LogP contribution in [0.25, 0.3) is 0 Å². The van der Waals surface area contributed by atoms with Gasteiger partial charge in [-0.1, -0.05) is 277 Å². The first-order valence-corrected chi connectivity index (χ1v) is 30.3. The van der Waals surface area contributed by atoms with E-state index in [9.17, 15) is 0 Å². The van der Waals surface area contributed by atoms with E-state index in [0.717, 1.165) is 36.5 Å². The van der Waals surface area contributed by atoms with Gasteiger partial charge in [0.15, 0.2) is 0 Å². The summed E-state index contributed by atoms with van der Waals surface area (Å²) in [5.41, 5.74) is 7.76. The van der Waals surface area contributed by atoms with Gasteiger partial charge in [0.1, 0.15) is 17.2 Å². The quantitative estimate of drug-likeness (QED) is 0.0429. The Morgan fingerprint density at radius 3 is 0.686 bits per heavy atom. The molecule has 3 nitrogen and oxygen atoms in total. The molecule has 0 aliphatic rings. The smallest absolute Gasteiger partial charge is 0.408 e. The fourth-order valence-corrected chi connectivity index (χ4v) is 11.8. The zero-order chi connectivity index (χ0) is 52.2. The van der Waals surface area contributed by atoms with Crippen molar-refractivity contribution in [2.75, 3.05) is 0 Å². The molecule has 0 aromatic heterocycles. The zero-order valence-electron chi connectivity index (χ0n) is 49.3. The fraction of sp³-hybridized carbons (Fsp3) is 0.727. The minimum atomic E-state index is -1.98. The minimum absolute atomic E-state index is 0.0499. The lowest BCUT2D eigenvalue weighted by Crippen LogP contribution is -2.24. The second kappa shape index (κ2) is 28.8. The first-order chi connectivity index (χ1) is 32.9. The molecule has 0 heterocycles. The van der Waals surface area contributed by atoms with E-state index in [4.69, 9.17) is 13.6 Å². The van der Waals surface area contributed by atoms with Crippen molar-refractivity contribution in [3.63, 3.8) is 0 Å². The molecule has 0 aliphatic carbocycles. The third kappa shape index (κ3) is 18.8. The summed E-state index contributed by atoms with van der Waals surface area (Å²) in [5.74, 6) is 2.65. The molecule has 0 radical (unpaired) electrons. The third-order valence-electron chi connectivity index (χ3n) is 16.4. The molecule has 0 fully saturated rings. The lowest BCUT2D eigenvalue weighted by Gasteiger charge is -2.34. The van der Waals surface area contributed by atoms with Crippen LogP contribution in [0, 0.1) is 0 Å². The van der Waals surface area contributed by atoms with E-state index < -0.39 is 8.60 Å². The highest BCUT2D eigenvalue weighted by Crippen LogP contribution is 2.52. The van der Waals surface area contributed by atoms with Gasteiger partial charge in [-0.15, -0.1) is 0 Å². The van der Waals surface area contributed by atoms with Gasteiger partial charge in [-0.05, 0) is 106 Å². The maximum atomic E-state index is 7.49. The summed E-state index contributed by atoms with van der Waals surface area (Å²) in [5, 5.41) is 0. The van der Waals surface area contributed by atoms with Crippen LogP contribution in [0.4, 0.5) is 0 Å². The molecule has 3 aromatic rings. The predicted octanol–water partition coefficient (Wildman–Crippen LogP) is 22.6. The molecule has 0 amide bonds. The summed E-state index contributed by atoms with van der Waals surface area (Å²) in [6, 6.07) is 21.3. The van der Waals surface area contributed by atoms with E-state index in [1.165, 1.54) is 168 Å². The fourth-order valence-electron chi connectivity index (χ4n) is 10.7. The number of hydrogen-bond acceptors (Lipinski definition) is 3. The summed E-state index contributed by atoms with van der Waals surface area (Å²) in [4.78, 5) is 0. The van der Waals surface area contributed by atoms with Crippen LogP contribution in [0.15, 0.2) is 54.6 Å². The van der Waals surface area contributed by atoms with E-state index in [2.05, 4.69) is 179 Å². The number of unbranched alkanes of at least 4 members (excludes halogenated alkanes) is 12. The Morgan fingerprint density at radius 2 is 0.486 bits per heavy atom. The second-order valence-corrected chi connectivity index (χ2v) is 26.7. The maximum Gasteiger partial charge on any atom is 0.530 e. The van der Waals surface area contributed by atoms with Crippen LogP contribution < -0.4 is 13.6 Å². The Labute approximate surface area is 436 Å². The average Bonchev–Trinajstić information content (AvgIpc) is 3.29. The minimum Gasteiger partial charge on any atom is -0.408 e. The second-order valence-electron chi connectivity index (χ2n) is 25.7. The summed E-state index contributed by atoms with van der Waals surface area (Å²) in [7, 11) is -1.98. The normalized spacial score (nSPS) is 13.1. The number of hydrogen-bond donors (Lipinski definition) is 0. The van der Waals surface area contributed by atoms with Crippen LogP contribution in [0.2, 0.25) is 0 Å². The van der Waals surface area contributed by atoms with Crippen molar-refractivity contribution in [3.05, 3.63) is 88.0 Å². The molecule has 0 saturated carbocycles. The van der Waals surface area contributed by atoms with Crippen molar-refractivity contribution in [2.24, 2.45) is 0 Å². The van der Waals surface area contributed by atoms with Crippen LogP contribution in [0.1, 0.15) is 312 Å². The number of rotatable bonds is 36. The van der Waals surface area contributed by atoms with Crippen LogP contribution >= 0.6 is 8.60 Å². The highest BCUT2D eigenvalue weighted by molar-refractivity contribution is 7.43. The average molecular weight is 984 g/mol. The Hall–Kier alpha value is -2.51. The van der Waals surface area contributed by atoms with Gasteiger partial charge >= 0.3 is 8.60 Å². The molecule has 0 unspecified atom stereocenters. The first kappa shape index (κ1) is 61.8. The summed E-state index contributed by atoms with van der Waals surface area (Å²) in [6.45, 7) is 43.0. The molecule has 0 N–H and O–H groups in total. The van der Waals surface area contributed by atoms with Gasteiger partial charge in [-0.3, -0.25) is 0 Å². The monoisotopic (exact) mass is 983 g/mol. The zero-order valence-corrected chi connectivity index (χ0v) is 50.2. The van der Waals surface area contributed by atoms with Crippen molar-refractivity contribution in [1.29, 1.82) is 0 Å². The summed E-state index contributed by atoms with van der Waals surface area (Å²) >= 11 is 0. The lowest BCUT2D eigenvalue weighted by atomic mass is 9.74. The molecule has 0 atom stereocenters. The summed E-state index contributed by atoms with van der Waals surface area (Å²) < 4.78 is 22.5. The topological polar surface area (TPSA) is 27.7 Å². The molecule has 0 aliphatic heterocycles. The summed E-state index contributed by atoms with van der Waals surface area (Å²) in [6.07, 6.45) is 28.8. The Bertz CT molecular complexity index is 1730. The van der Waals surface area contributed by atoms with Gasteiger partial charge in [0.2, 0.25) is 0 Å². The number of benzene rings is 3. The third-order valence-corrected chi connectivity index (χ3v) is 17.5.